The molecule has 29 heavy (non-hydrogen) atoms. The molecule has 1 saturated heterocycles. The fourth-order valence-electron chi connectivity index (χ4n) is 2.78. The zero-order valence-electron chi connectivity index (χ0n) is 16.3. The highest BCUT2D eigenvalue weighted by Gasteiger charge is 2.43. The summed E-state index contributed by atoms with van der Waals surface area (Å²) in [5.41, 5.74) is 0.659. The summed E-state index contributed by atoms with van der Waals surface area (Å²) in [4.78, 5) is 11.3. The van der Waals surface area contributed by atoms with Crippen molar-refractivity contribution in [2.45, 2.75) is 37.6 Å². The van der Waals surface area contributed by atoms with E-state index in [-0.39, 0.29) is 12.4 Å². The maximum absolute atomic E-state index is 11.3. The summed E-state index contributed by atoms with van der Waals surface area (Å²) in [5, 5.41) is 38.6. The van der Waals surface area contributed by atoms with Crippen LogP contribution in [0.25, 0.3) is 6.08 Å². The Hall–Kier alpha value is -2.21. The molecule has 0 saturated carbocycles. The molecule has 4 N–H and O–H groups in total. The van der Waals surface area contributed by atoms with Gasteiger partial charge in [0.1, 0.15) is 24.4 Å². The van der Waals surface area contributed by atoms with Gasteiger partial charge in [0.25, 0.3) is 0 Å². The third-order valence-electron chi connectivity index (χ3n) is 4.24. The Morgan fingerprint density at radius 2 is 1.72 bits per heavy atom. The van der Waals surface area contributed by atoms with Crippen molar-refractivity contribution in [3.8, 4) is 17.2 Å². The molecule has 1 aliphatic heterocycles. The third-order valence-corrected chi connectivity index (χ3v) is 4.24. The zero-order chi connectivity index (χ0) is 21.6. The number of carbonyl (C=O) groups is 1. The Bertz CT molecular complexity index is 692. The second-order valence-corrected chi connectivity index (χ2v) is 6.28. The van der Waals surface area contributed by atoms with Crippen LogP contribution >= 0.6 is 0 Å². The normalized spacial score (nSPS) is 27.1. The van der Waals surface area contributed by atoms with E-state index in [4.69, 9.17) is 23.7 Å². The highest BCUT2D eigenvalue weighted by Crippen LogP contribution is 2.39. The molecule has 10 nitrogen and oxygen atoms in total. The van der Waals surface area contributed by atoms with Crippen LogP contribution in [0.5, 0.6) is 17.2 Å². The monoisotopic (exact) mass is 414 g/mol. The third kappa shape index (κ3) is 5.66. The lowest BCUT2D eigenvalue weighted by atomic mass is 9.99. The Morgan fingerprint density at radius 1 is 1.10 bits per heavy atom. The fraction of sp³-hybridized carbons (Fsp3) is 0.526. The van der Waals surface area contributed by atoms with E-state index in [0.717, 1.165) is 0 Å². The molecule has 1 aromatic rings. The first-order chi connectivity index (χ1) is 13.8. The Morgan fingerprint density at radius 3 is 2.24 bits per heavy atom. The number of ether oxygens (including phenoxy) is 5. The molecule has 1 fully saturated rings. The maximum Gasteiger partial charge on any atom is 0.308 e. The van der Waals surface area contributed by atoms with Crippen molar-refractivity contribution < 1.29 is 48.9 Å². The highest BCUT2D eigenvalue weighted by atomic mass is 16.7. The van der Waals surface area contributed by atoms with E-state index in [0.29, 0.717) is 17.1 Å². The Kier molecular flexibility index (Phi) is 8.38. The van der Waals surface area contributed by atoms with Crippen molar-refractivity contribution in [3.05, 3.63) is 23.8 Å². The topological polar surface area (TPSA) is 144 Å². The van der Waals surface area contributed by atoms with E-state index < -0.39 is 43.3 Å². The number of esters is 1. The predicted octanol–water partition coefficient (Wildman–Crippen LogP) is -0.541. The molecule has 1 aliphatic rings. The van der Waals surface area contributed by atoms with Crippen molar-refractivity contribution in [2.24, 2.45) is 0 Å². The van der Waals surface area contributed by atoms with E-state index in [1.807, 2.05) is 0 Å². The lowest BCUT2D eigenvalue weighted by Gasteiger charge is -2.39. The van der Waals surface area contributed by atoms with Gasteiger partial charge in [-0.2, -0.15) is 0 Å². The van der Waals surface area contributed by atoms with Gasteiger partial charge in [-0.25, -0.2) is 0 Å². The molecule has 0 amide bonds. The van der Waals surface area contributed by atoms with E-state index >= 15 is 0 Å². The summed E-state index contributed by atoms with van der Waals surface area (Å²) in [6.45, 7) is 0.733. The first-order valence-electron chi connectivity index (χ1n) is 8.85. The van der Waals surface area contributed by atoms with Crippen molar-refractivity contribution in [2.75, 3.05) is 27.4 Å². The van der Waals surface area contributed by atoms with Crippen LogP contribution in [0.3, 0.4) is 0 Å². The van der Waals surface area contributed by atoms with Gasteiger partial charge < -0.3 is 44.1 Å². The first-order valence-corrected chi connectivity index (χ1v) is 8.85. The van der Waals surface area contributed by atoms with Crippen LogP contribution in [0.15, 0.2) is 18.2 Å². The second-order valence-electron chi connectivity index (χ2n) is 6.28. The van der Waals surface area contributed by atoms with Crippen molar-refractivity contribution in [3.63, 3.8) is 0 Å². The number of benzene rings is 1. The summed E-state index contributed by atoms with van der Waals surface area (Å²) in [5.74, 6) is 0.248. The first kappa shape index (κ1) is 23.1. The van der Waals surface area contributed by atoms with E-state index in [1.165, 1.54) is 21.1 Å². The van der Waals surface area contributed by atoms with Gasteiger partial charge in [-0.15, -0.1) is 0 Å². The van der Waals surface area contributed by atoms with Gasteiger partial charge in [-0.3, -0.25) is 4.79 Å². The Balaban J connectivity index is 2.05. The summed E-state index contributed by atoms with van der Waals surface area (Å²) >= 11 is 0. The maximum atomic E-state index is 11.3. The fourth-order valence-corrected chi connectivity index (χ4v) is 2.78. The predicted molar refractivity (Wildman–Crippen MR) is 99.6 cm³/mol. The zero-order valence-corrected chi connectivity index (χ0v) is 16.3. The smallest absolute Gasteiger partial charge is 0.308 e. The molecule has 1 aromatic carbocycles. The lowest BCUT2D eigenvalue weighted by molar-refractivity contribution is -0.298. The molecule has 5 atom stereocenters. The van der Waals surface area contributed by atoms with Gasteiger partial charge in [0.15, 0.2) is 17.8 Å². The lowest BCUT2D eigenvalue weighted by Crippen LogP contribution is -2.59. The minimum Gasteiger partial charge on any atom is -0.493 e. The molecule has 162 valence electrons. The number of rotatable bonds is 8. The molecular weight excluding hydrogens is 388 g/mol. The molecule has 0 aliphatic carbocycles. The minimum absolute atomic E-state index is 0.000973. The number of carbonyl (C=O) groups excluding carboxylic acids is 1. The van der Waals surface area contributed by atoms with Gasteiger partial charge in [-0.05, 0) is 17.7 Å². The van der Waals surface area contributed by atoms with Crippen LogP contribution in [-0.2, 0) is 14.3 Å². The molecule has 0 aromatic heterocycles. The van der Waals surface area contributed by atoms with E-state index in [1.54, 1.807) is 24.3 Å². The minimum atomic E-state index is -1.50. The van der Waals surface area contributed by atoms with Crippen LogP contribution in [0.2, 0.25) is 0 Å². The average molecular weight is 414 g/mol. The van der Waals surface area contributed by atoms with Crippen molar-refractivity contribution in [1.29, 1.82) is 0 Å². The number of methoxy groups -OCH3 is 2. The standard InChI is InChI=1S/C19H26O10/c1-10(21)28-18-12(25-2)7-11(8-13(18)26-3)5-4-6-27-19-17(24)16(23)15(22)14(9-20)29-19/h4-5,7-8,14-17,19-20,22-24H,6,9H2,1-3H3/b5-4+/t14-,15-,16+,17-,19-/m1/s1. The summed E-state index contributed by atoms with van der Waals surface area (Å²) in [7, 11) is 2.86. The number of hydrogen-bond acceptors (Lipinski definition) is 10. The quantitative estimate of drug-likeness (QED) is 0.323. The second kappa shape index (κ2) is 10.5. The van der Waals surface area contributed by atoms with Gasteiger partial charge in [-0.1, -0.05) is 12.2 Å². The van der Waals surface area contributed by atoms with Gasteiger partial charge in [0, 0.05) is 6.92 Å². The van der Waals surface area contributed by atoms with Crippen molar-refractivity contribution >= 4 is 12.0 Å². The van der Waals surface area contributed by atoms with Crippen LogP contribution < -0.4 is 14.2 Å². The van der Waals surface area contributed by atoms with Crippen LogP contribution in [-0.4, -0.2) is 84.5 Å². The molecule has 10 heteroatoms. The van der Waals surface area contributed by atoms with Crippen LogP contribution in [0, 0.1) is 0 Å². The summed E-state index contributed by atoms with van der Waals surface area (Å²) in [6, 6.07) is 3.26. The van der Waals surface area contributed by atoms with Crippen LogP contribution in [0.1, 0.15) is 12.5 Å². The van der Waals surface area contributed by atoms with Gasteiger partial charge in [0.2, 0.25) is 5.75 Å². The summed E-state index contributed by atoms with van der Waals surface area (Å²) < 4.78 is 26.2. The summed E-state index contributed by atoms with van der Waals surface area (Å²) in [6.07, 6.45) is -3.38. The molecule has 2 rings (SSSR count). The van der Waals surface area contributed by atoms with Crippen molar-refractivity contribution in [1.82, 2.24) is 0 Å². The molecule has 0 bridgehead atoms. The largest absolute Gasteiger partial charge is 0.493 e. The van der Waals surface area contributed by atoms with E-state index in [9.17, 15) is 25.2 Å². The van der Waals surface area contributed by atoms with Gasteiger partial charge in [0.05, 0.1) is 27.4 Å². The number of hydrogen-bond donors (Lipinski definition) is 4. The number of aliphatic hydroxyl groups is 4. The average Bonchev–Trinajstić information content (AvgIpc) is 2.71. The highest BCUT2D eigenvalue weighted by molar-refractivity contribution is 5.73. The molecule has 0 unspecified atom stereocenters. The number of aliphatic hydroxyl groups excluding tert-OH is 4. The Labute approximate surface area is 167 Å². The molecule has 1 heterocycles. The van der Waals surface area contributed by atoms with Gasteiger partial charge >= 0.3 is 5.97 Å². The molecule has 0 spiro atoms. The molecule has 0 radical (unpaired) electrons. The van der Waals surface area contributed by atoms with Crippen LogP contribution in [0.4, 0.5) is 0 Å². The van der Waals surface area contributed by atoms with E-state index in [2.05, 4.69) is 0 Å². The molecular formula is C19H26O10. The SMILES string of the molecule is COc1cc(/C=C/CO[C@@H]2O[C@H](CO)[C@@H](O)[C@H](O)[C@H]2O)cc(OC)c1OC(C)=O.